The molecule has 0 bridgehead atoms. The number of rotatable bonds is 9. The van der Waals surface area contributed by atoms with Crippen LogP contribution in [0.1, 0.15) is 18.4 Å². The first kappa shape index (κ1) is 25.2. The first-order chi connectivity index (χ1) is 15.8. The predicted molar refractivity (Wildman–Crippen MR) is 122 cm³/mol. The second-order valence-electron chi connectivity index (χ2n) is 7.04. The monoisotopic (exact) mass is 456 g/mol. The molecule has 1 aromatic carbocycles. The Balaban J connectivity index is 0.000000234. The highest BCUT2D eigenvalue weighted by Gasteiger charge is 2.12. The second kappa shape index (κ2) is 12.7. The molecule has 0 fully saturated rings. The van der Waals surface area contributed by atoms with Gasteiger partial charge in [-0.15, -0.1) is 0 Å². The van der Waals surface area contributed by atoms with E-state index in [0.717, 1.165) is 11.3 Å². The van der Waals surface area contributed by atoms with Crippen molar-refractivity contribution < 1.29 is 19.8 Å². The van der Waals surface area contributed by atoms with Gasteiger partial charge in [-0.2, -0.15) is 10.2 Å². The minimum Gasteiger partial charge on any atom is -0.480 e. The zero-order valence-corrected chi connectivity index (χ0v) is 17.9. The smallest absolute Gasteiger partial charge is 0.320 e. The Bertz CT molecular complexity index is 1020. The number of carbonyl (C=O) groups is 2. The largest absolute Gasteiger partial charge is 0.480 e. The van der Waals surface area contributed by atoms with E-state index in [9.17, 15) is 9.59 Å². The Morgan fingerprint density at radius 3 is 2.15 bits per heavy atom. The average Bonchev–Trinajstić information content (AvgIpc) is 3.52. The maximum atomic E-state index is 10.6. The predicted octanol–water partition coefficient (Wildman–Crippen LogP) is 0.0647. The van der Waals surface area contributed by atoms with Crippen LogP contribution in [0.2, 0.25) is 0 Å². The molecular weight excluding hydrogens is 428 g/mol. The summed E-state index contributed by atoms with van der Waals surface area (Å²) in [5.41, 5.74) is 18.2. The van der Waals surface area contributed by atoms with Gasteiger partial charge in [0.2, 0.25) is 5.96 Å². The normalized spacial score (nSPS) is 13.0. The van der Waals surface area contributed by atoms with Crippen molar-refractivity contribution in [2.75, 3.05) is 6.54 Å². The first-order valence-corrected chi connectivity index (χ1v) is 10.1. The van der Waals surface area contributed by atoms with Crippen LogP contribution in [-0.4, -0.2) is 66.3 Å². The third-order valence-corrected chi connectivity index (χ3v) is 4.48. The van der Waals surface area contributed by atoms with Crippen LogP contribution in [0.4, 0.5) is 0 Å². The van der Waals surface area contributed by atoms with Crippen LogP contribution in [0, 0.1) is 0 Å². The SMILES string of the molecule is NC(=NCCC[C@H](N)C(=O)O)n1cccn1.N[C@@H](Cc1ccc(-n2cccn2)cc1)C(=O)O. The van der Waals surface area contributed by atoms with Gasteiger partial charge in [0, 0.05) is 31.3 Å². The van der Waals surface area contributed by atoms with Gasteiger partial charge >= 0.3 is 11.9 Å². The summed E-state index contributed by atoms with van der Waals surface area (Å²) in [6.45, 7) is 0.437. The maximum Gasteiger partial charge on any atom is 0.320 e. The minimum atomic E-state index is -0.996. The van der Waals surface area contributed by atoms with Crippen molar-refractivity contribution >= 4 is 17.9 Å². The van der Waals surface area contributed by atoms with Gasteiger partial charge in [-0.25, -0.2) is 9.36 Å². The number of aliphatic carboxylic acids is 2. The van der Waals surface area contributed by atoms with E-state index in [2.05, 4.69) is 15.2 Å². The summed E-state index contributed by atoms with van der Waals surface area (Å²) in [6, 6.07) is 9.39. The quantitative estimate of drug-likeness (QED) is 0.168. The molecule has 176 valence electrons. The average molecular weight is 457 g/mol. The third-order valence-electron chi connectivity index (χ3n) is 4.48. The zero-order valence-electron chi connectivity index (χ0n) is 17.9. The highest BCUT2D eigenvalue weighted by molar-refractivity contribution is 5.79. The number of benzene rings is 1. The molecule has 0 aliphatic heterocycles. The molecule has 0 aliphatic rings. The summed E-state index contributed by atoms with van der Waals surface area (Å²) in [5, 5.41) is 25.3. The molecule has 0 amide bonds. The van der Waals surface area contributed by atoms with Crippen molar-refractivity contribution in [3.63, 3.8) is 0 Å². The maximum absolute atomic E-state index is 10.6. The summed E-state index contributed by atoms with van der Waals surface area (Å²) in [6.07, 6.45) is 8.12. The van der Waals surface area contributed by atoms with Gasteiger partial charge in [-0.1, -0.05) is 12.1 Å². The number of aliphatic imine (C=N–C) groups is 1. The van der Waals surface area contributed by atoms with Crippen LogP contribution in [0.3, 0.4) is 0 Å². The van der Waals surface area contributed by atoms with Gasteiger partial charge in [0.25, 0.3) is 0 Å². The Kier molecular flexibility index (Phi) is 9.74. The van der Waals surface area contributed by atoms with Crippen LogP contribution in [0.25, 0.3) is 5.69 Å². The number of nitrogens with two attached hydrogens (primary N) is 3. The molecule has 3 rings (SSSR count). The topological polar surface area (TPSA) is 201 Å². The molecular formula is C21H28N8O4. The number of hydrogen-bond donors (Lipinski definition) is 5. The van der Waals surface area contributed by atoms with Gasteiger partial charge in [0.1, 0.15) is 12.1 Å². The Labute approximate surface area is 190 Å². The van der Waals surface area contributed by atoms with Gasteiger partial charge in [0.05, 0.1) is 5.69 Å². The summed E-state index contributed by atoms with van der Waals surface area (Å²) in [4.78, 5) is 25.1. The molecule has 2 atom stereocenters. The fourth-order valence-electron chi connectivity index (χ4n) is 2.65. The van der Waals surface area contributed by atoms with Crippen molar-refractivity contribution in [1.29, 1.82) is 0 Å². The Hall–Kier alpha value is -4.03. The van der Waals surface area contributed by atoms with Crippen LogP contribution in [0.5, 0.6) is 0 Å². The van der Waals surface area contributed by atoms with Crippen molar-refractivity contribution in [2.24, 2.45) is 22.2 Å². The molecule has 2 heterocycles. The molecule has 12 heteroatoms. The highest BCUT2D eigenvalue weighted by atomic mass is 16.4. The molecule has 0 aliphatic carbocycles. The Morgan fingerprint density at radius 2 is 1.61 bits per heavy atom. The van der Waals surface area contributed by atoms with Crippen LogP contribution >= 0.6 is 0 Å². The molecule has 2 aromatic heterocycles. The lowest BCUT2D eigenvalue weighted by Crippen LogP contribution is -2.32. The van der Waals surface area contributed by atoms with Gasteiger partial charge in [-0.05, 0) is 49.1 Å². The lowest BCUT2D eigenvalue weighted by atomic mass is 10.1. The van der Waals surface area contributed by atoms with E-state index in [0.29, 0.717) is 25.8 Å². The number of carboxylic acid groups (broad SMARTS) is 2. The van der Waals surface area contributed by atoms with Crippen molar-refractivity contribution in [2.45, 2.75) is 31.3 Å². The van der Waals surface area contributed by atoms with E-state index in [4.69, 9.17) is 27.4 Å². The summed E-state index contributed by atoms with van der Waals surface area (Å²) in [5.74, 6) is -1.70. The van der Waals surface area contributed by atoms with E-state index < -0.39 is 24.0 Å². The van der Waals surface area contributed by atoms with Crippen LogP contribution in [0.15, 0.2) is 66.2 Å². The van der Waals surface area contributed by atoms with E-state index >= 15 is 0 Å². The molecule has 0 spiro atoms. The molecule has 8 N–H and O–H groups in total. The van der Waals surface area contributed by atoms with Gasteiger partial charge < -0.3 is 27.4 Å². The van der Waals surface area contributed by atoms with Crippen molar-refractivity contribution in [3.05, 3.63) is 66.7 Å². The standard InChI is InChI=1S/C12H13N3O2.C9H15N5O2/c13-11(12(16)17)8-9-2-4-10(5-3-9)15-7-1-6-14-15;10-7(8(15)16)3-1-4-12-9(11)14-6-2-5-13-14/h1-7,11H,8,13H2,(H,16,17);2,5-7H,1,3-4,10H2,(H2,11,12)(H,15,16)/t11-;7-/m00/s1. The number of carboxylic acids is 2. The molecule has 0 unspecified atom stereocenters. The summed E-state index contributed by atoms with van der Waals surface area (Å²) in [7, 11) is 0. The van der Waals surface area contributed by atoms with E-state index in [1.165, 1.54) is 4.68 Å². The highest BCUT2D eigenvalue weighted by Crippen LogP contribution is 2.10. The van der Waals surface area contributed by atoms with Crippen molar-refractivity contribution in [1.82, 2.24) is 19.6 Å². The summed E-state index contributed by atoms with van der Waals surface area (Å²) >= 11 is 0. The number of aromatic nitrogens is 4. The Morgan fingerprint density at radius 1 is 0.970 bits per heavy atom. The van der Waals surface area contributed by atoms with Gasteiger partial charge in [0.15, 0.2) is 0 Å². The van der Waals surface area contributed by atoms with E-state index in [1.807, 2.05) is 36.5 Å². The fourth-order valence-corrected chi connectivity index (χ4v) is 2.65. The lowest BCUT2D eigenvalue weighted by Gasteiger charge is -2.07. The van der Waals surface area contributed by atoms with Gasteiger partial charge in [-0.3, -0.25) is 14.6 Å². The third kappa shape index (κ3) is 8.55. The van der Waals surface area contributed by atoms with Crippen LogP contribution < -0.4 is 17.2 Å². The fraction of sp³-hybridized carbons (Fsp3) is 0.286. The molecule has 0 saturated carbocycles. The molecule has 3 aromatic rings. The number of hydrogen-bond acceptors (Lipinski definition) is 7. The number of nitrogens with zero attached hydrogens (tertiary/aromatic N) is 5. The molecule has 0 radical (unpaired) electrons. The minimum absolute atomic E-state index is 0.286. The van der Waals surface area contributed by atoms with E-state index in [1.54, 1.807) is 29.3 Å². The van der Waals surface area contributed by atoms with Crippen molar-refractivity contribution in [3.8, 4) is 5.69 Å². The molecule has 12 nitrogen and oxygen atoms in total. The van der Waals surface area contributed by atoms with Crippen LogP contribution in [-0.2, 0) is 16.0 Å². The van der Waals surface area contributed by atoms with E-state index in [-0.39, 0.29) is 5.96 Å². The lowest BCUT2D eigenvalue weighted by molar-refractivity contribution is -0.139. The summed E-state index contributed by atoms with van der Waals surface area (Å²) < 4.78 is 3.18. The second-order valence-corrected chi connectivity index (χ2v) is 7.04. The molecule has 0 saturated heterocycles. The molecule has 33 heavy (non-hydrogen) atoms. The first-order valence-electron chi connectivity index (χ1n) is 10.1. The zero-order chi connectivity index (χ0) is 24.2.